The van der Waals surface area contributed by atoms with Crippen LogP contribution in [0.25, 0.3) is 0 Å². The highest BCUT2D eigenvalue weighted by atomic mass is 19.1. The smallest absolute Gasteiger partial charge is 0.260 e. The van der Waals surface area contributed by atoms with E-state index in [1.165, 1.54) is 11.0 Å². The molecule has 8 heteroatoms. The van der Waals surface area contributed by atoms with Gasteiger partial charge in [0.2, 0.25) is 5.95 Å². The zero-order valence-corrected chi connectivity index (χ0v) is 19.2. The maximum absolute atomic E-state index is 14.2. The summed E-state index contributed by atoms with van der Waals surface area (Å²) in [7, 11) is 1.98. The SMILES string of the molecule is CC1CCN(c2nc3c(c(N(C)C(C)C)n2)CN(C(=O)c2c(F)cccc2F)CC3)CC1. The summed E-state index contributed by atoms with van der Waals surface area (Å²) in [6.45, 7) is 8.88. The zero-order chi connectivity index (χ0) is 23.0. The van der Waals surface area contributed by atoms with Gasteiger partial charge in [0, 0.05) is 44.7 Å². The Kier molecular flexibility index (Phi) is 6.31. The maximum Gasteiger partial charge on any atom is 0.260 e. The molecule has 1 fully saturated rings. The third-order valence-corrected chi connectivity index (χ3v) is 6.67. The van der Waals surface area contributed by atoms with Crippen molar-refractivity contribution >= 4 is 17.7 Å². The van der Waals surface area contributed by atoms with E-state index in [-0.39, 0.29) is 12.6 Å². The average molecular weight is 444 g/mol. The van der Waals surface area contributed by atoms with Crippen molar-refractivity contribution in [3.63, 3.8) is 0 Å². The Labute approximate surface area is 188 Å². The van der Waals surface area contributed by atoms with Crippen LogP contribution in [-0.2, 0) is 13.0 Å². The number of carbonyl (C=O) groups excluding carboxylic acids is 1. The van der Waals surface area contributed by atoms with Gasteiger partial charge in [0.1, 0.15) is 23.0 Å². The zero-order valence-electron chi connectivity index (χ0n) is 19.2. The highest BCUT2D eigenvalue weighted by Crippen LogP contribution is 2.31. The van der Waals surface area contributed by atoms with Crippen molar-refractivity contribution in [1.82, 2.24) is 14.9 Å². The standard InChI is InChI=1S/C24H31F2N5O/c1-15(2)29(4)22-17-14-31(23(32)21-18(25)6-5-7-19(21)26)13-10-20(17)27-24(28-22)30-11-8-16(3)9-12-30/h5-7,15-16H,8-14H2,1-4H3. The normalized spacial score (nSPS) is 17.0. The Morgan fingerprint density at radius 3 is 2.41 bits per heavy atom. The minimum absolute atomic E-state index is 0.193. The van der Waals surface area contributed by atoms with Crippen molar-refractivity contribution in [1.29, 1.82) is 0 Å². The number of anilines is 2. The Hall–Kier alpha value is -2.77. The molecule has 1 aromatic heterocycles. The lowest BCUT2D eigenvalue weighted by Crippen LogP contribution is -2.40. The molecule has 0 atom stereocenters. The molecule has 2 aliphatic heterocycles. The van der Waals surface area contributed by atoms with Crippen molar-refractivity contribution in [3.8, 4) is 0 Å². The van der Waals surface area contributed by atoms with E-state index in [1.54, 1.807) is 0 Å². The third kappa shape index (κ3) is 4.27. The van der Waals surface area contributed by atoms with Crippen LogP contribution in [-0.4, -0.2) is 53.5 Å². The van der Waals surface area contributed by atoms with Crippen LogP contribution in [0.1, 0.15) is 55.2 Å². The fourth-order valence-electron chi connectivity index (χ4n) is 4.30. The number of benzene rings is 1. The molecule has 0 spiro atoms. The molecule has 0 radical (unpaired) electrons. The first-order chi connectivity index (χ1) is 15.3. The van der Waals surface area contributed by atoms with E-state index in [0.29, 0.717) is 18.9 Å². The van der Waals surface area contributed by atoms with Crippen LogP contribution in [0.5, 0.6) is 0 Å². The summed E-state index contributed by atoms with van der Waals surface area (Å²) in [5.74, 6) is -0.0979. The quantitative estimate of drug-likeness (QED) is 0.714. The van der Waals surface area contributed by atoms with E-state index >= 15 is 0 Å². The van der Waals surface area contributed by atoms with Gasteiger partial charge in [-0.3, -0.25) is 4.79 Å². The molecule has 0 bridgehead atoms. The predicted molar refractivity (Wildman–Crippen MR) is 121 cm³/mol. The van der Waals surface area contributed by atoms with Crippen LogP contribution >= 0.6 is 0 Å². The Morgan fingerprint density at radius 1 is 1.12 bits per heavy atom. The molecule has 32 heavy (non-hydrogen) atoms. The van der Waals surface area contributed by atoms with Gasteiger partial charge >= 0.3 is 0 Å². The molecule has 0 aliphatic carbocycles. The average Bonchev–Trinajstić information content (AvgIpc) is 2.77. The number of aromatic nitrogens is 2. The molecular weight excluding hydrogens is 412 g/mol. The first kappa shape index (κ1) is 22.4. The second-order valence-electron chi connectivity index (χ2n) is 9.22. The second kappa shape index (κ2) is 9.00. The van der Waals surface area contributed by atoms with Gasteiger partial charge < -0.3 is 14.7 Å². The summed E-state index contributed by atoms with van der Waals surface area (Å²) in [6, 6.07) is 3.68. The molecule has 3 heterocycles. The Bertz CT molecular complexity index is 984. The second-order valence-corrected chi connectivity index (χ2v) is 9.22. The number of nitrogens with zero attached hydrogens (tertiary/aromatic N) is 5. The number of hydrogen-bond donors (Lipinski definition) is 0. The molecule has 1 saturated heterocycles. The summed E-state index contributed by atoms with van der Waals surface area (Å²) in [5, 5.41) is 0. The molecular formula is C24H31F2N5O. The van der Waals surface area contributed by atoms with Crippen molar-refractivity contribution in [2.75, 3.05) is 36.5 Å². The lowest BCUT2D eigenvalue weighted by molar-refractivity contribution is 0.0723. The van der Waals surface area contributed by atoms with Gasteiger partial charge in [-0.05, 0) is 44.7 Å². The largest absolute Gasteiger partial charge is 0.357 e. The number of amides is 1. The minimum Gasteiger partial charge on any atom is -0.357 e. The van der Waals surface area contributed by atoms with Gasteiger partial charge in [-0.1, -0.05) is 13.0 Å². The van der Waals surface area contributed by atoms with E-state index in [4.69, 9.17) is 9.97 Å². The van der Waals surface area contributed by atoms with Crippen LogP contribution in [0.4, 0.5) is 20.5 Å². The van der Waals surface area contributed by atoms with Crippen LogP contribution < -0.4 is 9.80 Å². The molecule has 2 aromatic rings. The molecule has 6 nitrogen and oxygen atoms in total. The summed E-state index contributed by atoms with van der Waals surface area (Å²) < 4.78 is 28.5. The minimum atomic E-state index is -0.841. The molecule has 1 amide bonds. The van der Waals surface area contributed by atoms with Crippen LogP contribution in [0.3, 0.4) is 0 Å². The van der Waals surface area contributed by atoms with Crippen molar-refractivity contribution in [3.05, 3.63) is 46.7 Å². The molecule has 2 aliphatic rings. The number of fused-ring (bicyclic) bond motifs is 1. The monoisotopic (exact) mass is 443 g/mol. The number of piperidine rings is 1. The Morgan fingerprint density at radius 2 is 1.78 bits per heavy atom. The number of carbonyl (C=O) groups is 1. The van der Waals surface area contributed by atoms with Crippen molar-refractivity contribution < 1.29 is 13.6 Å². The van der Waals surface area contributed by atoms with Crippen molar-refractivity contribution in [2.24, 2.45) is 5.92 Å². The lowest BCUT2D eigenvalue weighted by atomic mass is 9.99. The van der Waals surface area contributed by atoms with Crippen molar-refractivity contribution in [2.45, 2.75) is 52.6 Å². The number of rotatable bonds is 4. The fourth-order valence-corrected chi connectivity index (χ4v) is 4.30. The first-order valence-corrected chi connectivity index (χ1v) is 11.4. The van der Waals surface area contributed by atoms with E-state index in [0.717, 1.165) is 61.1 Å². The fraction of sp³-hybridized carbons (Fsp3) is 0.542. The summed E-state index contributed by atoms with van der Waals surface area (Å²) in [5.41, 5.74) is 1.26. The van der Waals surface area contributed by atoms with Gasteiger partial charge in [0.05, 0.1) is 12.2 Å². The predicted octanol–water partition coefficient (Wildman–Crippen LogP) is 4.03. The number of hydrogen-bond acceptors (Lipinski definition) is 5. The Balaban J connectivity index is 1.68. The van der Waals surface area contributed by atoms with E-state index in [1.807, 2.05) is 7.05 Å². The van der Waals surface area contributed by atoms with E-state index < -0.39 is 23.1 Å². The maximum atomic E-state index is 14.2. The van der Waals surface area contributed by atoms with Gasteiger partial charge in [-0.25, -0.2) is 13.8 Å². The van der Waals surface area contributed by atoms with E-state index in [2.05, 4.69) is 30.6 Å². The molecule has 0 N–H and O–H groups in total. The van der Waals surface area contributed by atoms with Crippen LogP contribution in [0.15, 0.2) is 18.2 Å². The topological polar surface area (TPSA) is 52.6 Å². The molecule has 0 saturated carbocycles. The van der Waals surface area contributed by atoms with Crippen LogP contribution in [0.2, 0.25) is 0 Å². The lowest BCUT2D eigenvalue weighted by Gasteiger charge is -2.35. The molecule has 1 aromatic carbocycles. The summed E-state index contributed by atoms with van der Waals surface area (Å²) in [4.78, 5) is 28.6. The van der Waals surface area contributed by atoms with Gasteiger partial charge in [0.25, 0.3) is 5.91 Å². The van der Waals surface area contributed by atoms with E-state index in [9.17, 15) is 13.6 Å². The molecule has 0 unspecified atom stereocenters. The molecule has 172 valence electrons. The summed E-state index contributed by atoms with van der Waals surface area (Å²) >= 11 is 0. The summed E-state index contributed by atoms with van der Waals surface area (Å²) in [6.07, 6.45) is 2.76. The first-order valence-electron chi connectivity index (χ1n) is 11.4. The van der Waals surface area contributed by atoms with Gasteiger partial charge in [-0.2, -0.15) is 4.98 Å². The third-order valence-electron chi connectivity index (χ3n) is 6.67. The van der Waals surface area contributed by atoms with Gasteiger partial charge in [0.15, 0.2) is 0 Å². The van der Waals surface area contributed by atoms with Gasteiger partial charge in [-0.15, -0.1) is 0 Å². The van der Waals surface area contributed by atoms with Crippen LogP contribution in [0, 0.1) is 17.6 Å². The highest BCUT2D eigenvalue weighted by Gasteiger charge is 2.31. The molecule has 4 rings (SSSR count). The number of halogens is 2. The highest BCUT2D eigenvalue weighted by molar-refractivity contribution is 5.95.